The normalized spacial score (nSPS) is 10.7. The van der Waals surface area contributed by atoms with E-state index in [1.807, 2.05) is 0 Å². The summed E-state index contributed by atoms with van der Waals surface area (Å²) in [6, 6.07) is 6.68. The van der Waals surface area contributed by atoms with E-state index in [2.05, 4.69) is 10.5 Å². The first-order valence-electron chi connectivity index (χ1n) is 5.75. The number of nitro groups is 2. The zero-order valence-electron chi connectivity index (χ0n) is 10.8. The highest BCUT2D eigenvalue weighted by atomic mass is 16.6. The molecule has 9 nitrogen and oxygen atoms in total. The number of nitrogens with one attached hydrogen (secondary N) is 1. The lowest BCUT2D eigenvalue weighted by atomic mass is 10.2. The van der Waals surface area contributed by atoms with Gasteiger partial charge >= 0.3 is 5.69 Å². The molecule has 0 radical (unpaired) electrons. The predicted molar refractivity (Wildman–Crippen MR) is 74.4 cm³/mol. The molecule has 0 aliphatic rings. The van der Waals surface area contributed by atoms with Crippen molar-refractivity contribution in [1.29, 1.82) is 0 Å². The minimum absolute atomic E-state index is 0.0464. The van der Waals surface area contributed by atoms with E-state index in [1.165, 1.54) is 12.3 Å². The van der Waals surface area contributed by atoms with Crippen LogP contribution < -0.4 is 5.43 Å². The van der Waals surface area contributed by atoms with E-state index in [-0.39, 0.29) is 11.4 Å². The molecule has 1 aromatic heterocycles. The maximum atomic E-state index is 10.9. The van der Waals surface area contributed by atoms with Crippen molar-refractivity contribution in [1.82, 2.24) is 0 Å². The standard InChI is InChI=1S/C12H10N4O5/c1-8-2-4-10(21-8)7-13-14-11-5-3-9(15(17)18)6-12(11)16(19)20/h2-7,14H,1H3. The molecule has 1 aromatic carbocycles. The lowest BCUT2D eigenvalue weighted by molar-refractivity contribution is -0.393. The molecule has 0 saturated carbocycles. The number of aryl methyl sites for hydroxylation is 1. The summed E-state index contributed by atoms with van der Waals surface area (Å²) in [6.45, 7) is 1.77. The van der Waals surface area contributed by atoms with Crippen LogP contribution >= 0.6 is 0 Å². The average molecular weight is 290 g/mol. The number of hydrogen-bond acceptors (Lipinski definition) is 7. The summed E-state index contributed by atoms with van der Waals surface area (Å²) < 4.78 is 5.24. The van der Waals surface area contributed by atoms with E-state index >= 15 is 0 Å². The number of hydrogen-bond donors (Lipinski definition) is 1. The van der Waals surface area contributed by atoms with E-state index in [4.69, 9.17) is 4.42 Å². The van der Waals surface area contributed by atoms with Crippen LogP contribution in [0, 0.1) is 27.2 Å². The Morgan fingerprint density at radius 2 is 1.95 bits per heavy atom. The molecule has 0 aliphatic heterocycles. The highest BCUT2D eigenvalue weighted by Crippen LogP contribution is 2.28. The van der Waals surface area contributed by atoms with Gasteiger partial charge < -0.3 is 4.42 Å². The summed E-state index contributed by atoms with van der Waals surface area (Å²) in [5.41, 5.74) is 1.71. The number of nitrogens with zero attached hydrogens (tertiary/aromatic N) is 3. The number of hydrazone groups is 1. The van der Waals surface area contributed by atoms with Crippen LogP contribution in [0.1, 0.15) is 11.5 Å². The highest BCUT2D eigenvalue weighted by molar-refractivity contribution is 5.77. The van der Waals surface area contributed by atoms with Crippen LogP contribution in [-0.2, 0) is 0 Å². The Kier molecular flexibility index (Phi) is 3.93. The molecule has 0 fully saturated rings. The van der Waals surface area contributed by atoms with Gasteiger partial charge in [0.05, 0.1) is 22.1 Å². The second-order valence-electron chi connectivity index (χ2n) is 4.03. The lowest BCUT2D eigenvalue weighted by Crippen LogP contribution is -1.98. The number of furan rings is 1. The predicted octanol–water partition coefficient (Wildman–Crippen LogP) is 2.85. The third kappa shape index (κ3) is 3.41. The Morgan fingerprint density at radius 1 is 1.19 bits per heavy atom. The second-order valence-corrected chi connectivity index (χ2v) is 4.03. The molecule has 0 bridgehead atoms. The van der Waals surface area contributed by atoms with Gasteiger partial charge in [0.15, 0.2) is 0 Å². The fourth-order valence-corrected chi connectivity index (χ4v) is 1.57. The first-order valence-corrected chi connectivity index (χ1v) is 5.75. The van der Waals surface area contributed by atoms with Crippen LogP contribution in [0.3, 0.4) is 0 Å². The fourth-order valence-electron chi connectivity index (χ4n) is 1.57. The molecule has 0 spiro atoms. The number of anilines is 1. The molecule has 9 heteroatoms. The van der Waals surface area contributed by atoms with Gasteiger partial charge in [0.1, 0.15) is 17.2 Å². The lowest BCUT2D eigenvalue weighted by Gasteiger charge is -2.01. The first kappa shape index (κ1) is 14.2. The molecule has 1 heterocycles. The molecule has 21 heavy (non-hydrogen) atoms. The Hall–Kier alpha value is -3.23. The van der Waals surface area contributed by atoms with Crippen molar-refractivity contribution in [3.05, 3.63) is 62.1 Å². The van der Waals surface area contributed by atoms with E-state index < -0.39 is 15.5 Å². The number of rotatable bonds is 5. The van der Waals surface area contributed by atoms with E-state index in [0.29, 0.717) is 11.5 Å². The summed E-state index contributed by atoms with van der Waals surface area (Å²) in [7, 11) is 0. The van der Waals surface area contributed by atoms with Gasteiger partial charge in [0, 0.05) is 6.07 Å². The Balaban J connectivity index is 2.21. The zero-order valence-corrected chi connectivity index (χ0v) is 10.8. The number of benzene rings is 1. The van der Waals surface area contributed by atoms with Crippen molar-refractivity contribution in [3.63, 3.8) is 0 Å². The van der Waals surface area contributed by atoms with Crippen molar-refractivity contribution < 1.29 is 14.3 Å². The molecule has 0 saturated heterocycles. The molecule has 108 valence electrons. The Morgan fingerprint density at radius 3 is 2.52 bits per heavy atom. The van der Waals surface area contributed by atoms with Gasteiger partial charge in [0.2, 0.25) is 0 Å². The smallest absolute Gasteiger partial charge is 0.301 e. The maximum absolute atomic E-state index is 10.9. The first-order chi connectivity index (χ1) is 9.97. The number of non-ortho nitro benzene ring substituents is 1. The molecule has 2 aromatic rings. The fraction of sp³-hybridized carbons (Fsp3) is 0.0833. The molecule has 0 aliphatic carbocycles. The van der Waals surface area contributed by atoms with Crippen LogP contribution in [-0.4, -0.2) is 16.1 Å². The third-order valence-corrected chi connectivity index (χ3v) is 2.53. The minimum Gasteiger partial charge on any atom is -0.460 e. The molecular weight excluding hydrogens is 280 g/mol. The van der Waals surface area contributed by atoms with Crippen LogP contribution in [0.5, 0.6) is 0 Å². The van der Waals surface area contributed by atoms with Gasteiger partial charge in [-0.15, -0.1) is 0 Å². The monoisotopic (exact) mass is 290 g/mol. The van der Waals surface area contributed by atoms with Gasteiger partial charge in [0.25, 0.3) is 5.69 Å². The third-order valence-electron chi connectivity index (χ3n) is 2.53. The zero-order chi connectivity index (χ0) is 15.4. The molecule has 0 atom stereocenters. The van der Waals surface area contributed by atoms with Crippen molar-refractivity contribution >= 4 is 23.3 Å². The summed E-state index contributed by atoms with van der Waals surface area (Å²) >= 11 is 0. The van der Waals surface area contributed by atoms with Gasteiger partial charge in [-0.3, -0.25) is 25.7 Å². The summed E-state index contributed by atoms with van der Waals surface area (Å²) in [6.07, 6.45) is 1.35. The quantitative estimate of drug-likeness (QED) is 0.513. The largest absolute Gasteiger partial charge is 0.460 e. The highest BCUT2D eigenvalue weighted by Gasteiger charge is 2.19. The van der Waals surface area contributed by atoms with Gasteiger partial charge in [-0.25, -0.2) is 0 Å². The van der Waals surface area contributed by atoms with E-state index in [1.54, 1.807) is 19.1 Å². The molecule has 0 amide bonds. The van der Waals surface area contributed by atoms with Crippen LogP contribution in [0.15, 0.2) is 39.9 Å². The Bertz CT molecular complexity index is 722. The van der Waals surface area contributed by atoms with Crippen LogP contribution in [0.25, 0.3) is 0 Å². The van der Waals surface area contributed by atoms with Crippen molar-refractivity contribution in [2.24, 2.45) is 5.10 Å². The number of nitro benzene ring substituents is 2. The summed E-state index contributed by atoms with van der Waals surface area (Å²) in [5.74, 6) is 1.18. The Labute approximate surface area is 118 Å². The van der Waals surface area contributed by atoms with Crippen molar-refractivity contribution in [2.45, 2.75) is 6.92 Å². The van der Waals surface area contributed by atoms with Crippen LogP contribution in [0.2, 0.25) is 0 Å². The van der Waals surface area contributed by atoms with Crippen molar-refractivity contribution in [2.75, 3.05) is 5.43 Å². The van der Waals surface area contributed by atoms with Gasteiger partial charge in [-0.2, -0.15) is 5.10 Å². The van der Waals surface area contributed by atoms with Gasteiger partial charge in [-0.1, -0.05) is 0 Å². The molecular formula is C12H10N4O5. The average Bonchev–Trinajstić information content (AvgIpc) is 2.84. The SMILES string of the molecule is Cc1ccc(C=NNc2ccc([N+](=O)[O-])cc2[N+](=O)[O-])o1. The molecule has 2 rings (SSSR count). The summed E-state index contributed by atoms with van der Waals surface area (Å²) in [5, 5.41) is 25.3. The second kappa shape index (κ2) is 5.82. The van der Waals surface area contributed by atoms with E-state index in [9.17, 15) is 20.2 Å². The molecule has 0 unspecified atom stereocenters. The minimum atomic E-state index is -0.720. The van der Waals surface area contributed by atoms with E-state index in [0.717, 1.165) is 12.1 Å². The summed E-state index contributed by atoms with van der Waals surface area (Å²) in [4.78, 5) is 20.1. The topological polar surface area (TPSA) is 124 Å². The van der Waals surface area contributed by atoms with Crippen LogP contribution in [0.4, 0.5) is 17.1 Å². The van der Waals surface area contributed by atoms with Gasteiger partial charge in [-0.05, 0) is 25.1 Å². The molecule has 1 N–H and O–H groups in total. The maximum Gasteiger partial charge on any atom is 0.301 e. The van der Waals surface area contributed by atoms with Crippen molar-refractivity contribution in [3.8, 4) is 0 Å².